The van der Waals surface area contributed by atoms with E-state index in [1.165, 1.54) is 0 Å². The van der Waals surface area contributed by atoms with E-state index in [0.717, 1.165) is 34.1 Å². The predicted molar refractivity (Wildman–Crippen MR) is 112 cm³/mol. The molecule has 144 valence electrons. The average molecular weight is 376 g/mol. The molecule has 0 fully saturated rings. The second-order valence-corrected chi connectivity index (χ2v) is 6.47. The van der Waals surface area contributed by atoms with Gasteiger partial charge in [-0.3, -0.25) is 4.79 Å². The Balaban J connectivity index is 1.81. The Bertz CT molecular complexity index is 1020. The number of ether oxygens (including phenoxy) is 1. The van der Waals surface area contributed by atoms with Crippen molar-refractivity contribution in [2.45, 2.75) is 6.92 Å². The molecule has 0 aliphatic heterocycles. The van der Waals surface area contributed by atoms with Gasteiger partial charge in [-0.2, -0.15) is 0 Å². The lowest BCUT2D eigenvalue weighted by molar-refractivity contribution is 0.0962. The number of aromatic nitrogens is 2. The zero-order valence-corrected chi connectivity index (χ0v) is 16.5. The maximum atomic E-state index is 11.8. The largest absolute Gasteiger partial charge is 0.497 e. The summed E-state index contributed by atoms with van der Waals surface area (Å²) in [5.74, 6) is 1.45. The second-order valence-electron chi connectivity index (χ2n) is 6.47. The van der Waals surface area contributed by atoms with Gasteiger partial charge < -0.3 is 19.9 Å². The van der Waals surface area contributed by atoms with Crippen molar-refractivity contribution in [3.8, 4) is 17.0 Å². The van der Waals surface area contributed by atoms with Crippen LogP contribution < -0.4 is 15.4 Å². The Morgan fingerprint density at radius 2 is 1.89 bits per heavy atom. The molecule has 0 bridgehead atoms. The monoisotopic (exact) mass is 376 g/mol. The first-order valence-corrected chi connectivity index (χ1v) is 8.89. The summed E-state index contributed by atoms with van der Waals surface area (Å²) in [4.78, 5) is 16.4. The third-order valence-corrected chi connectivity index (χ3v) is 4.64. The molecule has 28 heavy (non-hydrogen) atoms. The third kappa shape index (κ3) is 3.76. The molecule has 6 heteroatoms. The summed E-state index contributed by atoms with van der Waals surface area (Å²) in [7, 11) is 5.22. The van der Waals surface area contributed by atoms with Crippen LogP contribution in [0.15, 0.2) is 55.2 Å². The lowest BCUT2D eigenvalue weighted by Gasteiger charge is -2.13. The number of amides is 1. The summed E-state index contributed by atoms with van der Waals surface area (Å²) in [6.45, 7) is 6.03. The van der Waals surface area contributed by atoms with Gasteiger partial charge in [0.1, 0.15) is 5.75 Å². The minimum absolute atomic E-state index is 0.101. The SMILES string of the molecule is C=C(Nc1ccc(C(=O)NC)c(C)c1)c1ncc(-c2ccc(OC)cc2)n1C. The van der Waals surface area contributed by atoms with E-state index < -0.39 is 0 Å². The van der Waals surface area contributed by atoms with Crippen molar-refractivity contribution < 1.29 is 9.53 Å². The molecule has 3 rings (SSSR count). The summed E-state index contributed by atoms with van der Waals surface area (Å²) >= 11 is 0. The van der Waals surface area contributed by atoms with Gasteiger partial charge in [0.2, 0.25) is 0 Å². The molecule has 0 saturated carbocycles. The zero-order valence-electron chi connectivity index (χ0n) is 16.5. The van der Waals surface area contributed by atoms with Crippen LogP contribution in [0.1, 0.15) is 21.7 Å². The molecular weight excluding hydrogens is 352 g/mol. The number of hydrogen-bond acceptors (Lipinski definition) is 4. The fraction of sp³-hybridized carbons (Fsp3) is 0.182. The van der Waals surface area contributed by atoms with Crippen molar-refractivity contribution in [2.75, 3.05) is 19.5 Å². The average Bonchev–Trinajstić information content (AvgIpc) is 3.09. The lowest BCUT2D eigenvalue weighted by atomic mass is 10.1. The maximum Gasteiger partial charge on any atom is 0.251 e. The number of nitrogens with zero attached hydrogens (tertiary/aromatic N) is 2. The van der Waals surface area contributed by atoms with Gasteiger partial charge in [-0.05, 0) is 55.0 Å². The molecule has 2 N–H and O–H groups in total. The number of anilines is 1. The number of imidazole rings is 1. The van der Waals surface area contributed by atoms with Gasteiger partial charge in [-0.15, -0.1) is 0 Å². The number of carbonyl (C=O) groups is 1. The fourth-order valence-corrected chi connectivity index (χ4v) is 3.08. The van der Waals surface area contributed by atoms with Crippen LogP contribution in [-0.2, 0) is 7.05 Å². The van der Waals surface area contributed by atoms with E-state index in [-0.39, 0.29) is 5.91 Å². The van der Waals surface area contributed by atoms with Crippen molar-refractivity contribution in [1.82, 2.24) is 14.9 Å². The smallest absolute Gasteiger partial charge is 0.251 e. The molecular formula is C22H24N4O2. The number of carbonyl (C=O) groups excluding carboxylic acids is 1. The fourth-order valence-electron chi connectivity index (χ4n) is 3.08. The summed E-state index contributed by atoms with van der Waals surface area (Å²) in [5.41, 5.74) is 5.08. The molecule has 0 aliphatic carbocycles. The number of benzene rings is 2. The highest BCUT2D eigenvalue weighted by atomic mass is 16.5. The van der Waals surface area contributed by atoms with E-state index in [4.69, 9.17) is 4.74 Å². The molecule has 1 amide bonds. The van der Waals surface area contributed by atoms with Gasteiger partial charge >= 0.3 is 0 Å². The Kier molecular flexibility index (Phi) is 5.49. The molecule has 0 unspecified atom stereocenters. The maximum absolute atomic E-state index is 11.8. The van der Waals surface area contributed by atoms with Crippen LogP contribution in [0.4, 0.5) is 5.69 Å². The Hall–Kier alpha value is -3.54. The van der Waals surface area contributed by atoms with Gasteiger partial charge in [-0.1, -0.05) is 6.58 Å². The number of nitrogens with one attached hydrogen (secondary N) is 2. The molecule has 0 aliphatic rings. The van der Waals surface area contributed by atoms with E-state index in [2.05, 4.69) is 22.2 Å². The minimum Gasteiger partial charge on any atom is -0.497 e. The van der Waals surface area contributed by atoms with E-state index in [1.54, 1.807) is 20.2 Å². The molecule has 3 aromatic rings. The van der Waals surface area contributed by atoms with E-state index in [1.807, 2.05) is 61.1 Å². The highest BCUT2D eigenvalue weighted by Crippen LogP contribution is 2.26. The Labute approximate surface area is 164 Å². The Morgan fingerprint density at radius 1 is 1.18 bits per heavy atom. The van der Waals surface area contributed by atoms with Crippen LogP contribution in [-0.4, -0.2) is 29.6 Å². The first-order chi connectivity index (χ1) is 13.4. The number of aryl methyl sites for hydroxylation is 1. The van der Waals surface area contributed by atoms with Crippen molar-refractivity contribution in [3.63, 3.8) is 0 Å². The Morgan fingerprint density at radius 3 is 2.50 bits per heavy atom. The van der Waals surface area contributed by atoms with Gasteiger partial charge in [-0.25, -0.2) is 4.98 Å². The van der Waals surface area contributed by atoms with Crippen LogP contribution in [0.25, 0.3) is 17.0 Å². The van der Waals surface area contributed by atoms with Crippen LogP contribution >= 0.6 is 0 Å². The second kappa shape index (κ2) is 8.00. The third-order valence-electron chi connectivity index (χ3n) is 4.64. The molecule has 0 atom stereocenters. The topological polar surface area (TPSA) is 68.2 Å². The predicted octanol–water partition coefficient (Wildman–Crippen LogP) is 3.85. The van der Waals surface area contributed by atoms with Crippen LogP contribution in [0.2, 0.25) is 0 Å². The van der Waals surface area contributed by atoms with Crippen molar-refractivity contribution in [1.29, 1.82) is 0 Å². The van der Waals surface area contributed by atoms with E-state index in [0.29, 0.717) is 11.3 Å². The van der Waals surface area contributed by atoms with Crippen LogP contribution in [0, 0.1) is 6.92 Å². The summed E-state index contributed by atoms with van der Waals surface area (Å²) in [6.07, 6.45) is 1.82. The van der Waals surface area contributed by atoms with Crippen molar-refractivity contribution >= 4 is 17.3 Å². The quantitative estimate of drug-likeness (QED) is 0.686. The number of rotatable bonds is 6. The molecule has 6 nitrogen and oxygen atoms in total. The van der Waals surface area contributed by atoms with Crippen molar-refractivity contribution in [2.24, 2.45) is 7.05 Å². The van der Waals surface area contributed by atoms with Gasteiger partial charge in [0.15, 0.2) is 5.82 Å². The van der Waals surface area contributed by atoms with Crippen LogP contribution in [0.5, 0.6) is 5.75 Å². The number of hydrogen-bond donors (Lipinski definition) is 2. The lowest BCUT2D eigenvalue weighted by Crippen LogP contribution is -2.18. The summed E-state index contributed by atoms with van der Waals surface area (Å²) < 4.78 is 7.20. The highest BCUT2D eigenvalue weighted by Gasteiger charge is 2.13. The number of methoxy groups -OCH3 is 1. The molecule has 1 aromatic heterocycles. The zero-order chi connectivity index (χ0) is 20.3. The molecule has 1 heterocycles. The van der Waals surface area contributed by atoms with Gasteiger partial charge in [0, 0.05) is 30.9 Å². The van der Waals surface area contributed by atoms with Crippen molar-refractivity contribution in [3.05, 3.63) is 72.2 Å². The first kappa shape index (κ1) is 19.2. The summed E-state index contributed by atoms with van der Waals surface area (Å²) in [5, 5.41) is 5.92. The standard InChI is InChI=1S/C22H24N4O2/c1-14-12-17(8-11-19(14)22(27)23-3)25-15(2)21-24-13-20(26(21)4)16-6-9-18(28-5)10-7-16/h6-13,25H,2H2,1,3-5H3,(H,23,27). The van der Waals surface area contributed by atoms with E-state index >= 15 is 0 Å². The van der Waals surface area contributed by atoms with Gasteiger partial charge in [0.25, 0.3) is 5.91 Å². The molecule has 0 radical (unpaired) electrons. The van der Waals surface area contributed by atoms with Gasteiger partial charge in [0.05, 0.1) is 24.7 Å². The first-order valence-electron chi connectivity index (χ1n) is 8.89. The van der Waals surface area contributed by atoms with E-state index in [9.17, 15) is 4.79 Å². The molecule has 2 aromatic carbocycles. The highest BCUT2D eigenvalue weighted by molar-refractivity contribution is 5.96. The normalized spacial score (nSPS) is 10.4. The molecule has 0 spiro atoms. The summed E-state index contributed by atoms with van der Waals surface area (Å²) in [6, 6.07) is 13.4. The minimum atomic E-state index is -0.101. The molecule has 0 saturated heterocycles. The van der Waals surface area contributed by atoms with Crippen LogP contribution in [0.3, 0.4) is 0 Å².